The topological polar surface area (TPSA) is 77.5 Å². The molecule has 1 saturated heterocycles. The molecule has 154 valence electrons. The van der Waals surface area contributed by atoms with Crippen LogP contribution in [0, 0.1) is 17.1 Å². The number of ether oxygens (including phenoxy) is 1. The highest BCUT2D eigenvalue weighted by Gasteiger charge is 2.23. The van der Waals surface area contributed by atoms with Crippen LogP contribution in [-0.2, 0) is 0 Å². The number of carbonyl (C=O) groups is 1. The Kier molecular flexibility index (Phi) is 7.56. The molecule has 1 saturated carbocycles. The number of amidine groups is 1. The molecule has 2 fully saturated rings. The maximum atomic E-state index is 13.9. The Labute approximate surface area is 170 Å². The third kappa shape index (κ3) is 6.38. The smallest absolute Gasteiger partial charge is 0.323 e. The van der Waals surface area contributed by atoms with E-state index >= 15 is 0 Å². The van der Waals surface area contributed by atoms with Gasteiger partial charge in [0.05, 0.1) is 13.2 Å². The number of nitrogens with one attached hydrogen (secondary N) is 3. The fourth-order valence-electron chi connectivity index (χ4n) is 2.99. The first-order valence-corrected chi connectivity index (χ1v) is 10.9. The molecule has 0 bridgehead atoms. The van der Waals surface area contributed by atoms with E-state index in [1.54, 1.807) is 29.0 Å². The summed E-state index contributed by atoms with van der Waals surface area (Å²) in [4.78, 5) is 13.2. The van der Waals surface area contributed by atoms with Crippen molar-refractivity contribution in [3.8, 4) is 5.75 Å². The fourth-order valence-corrected chi connectivity index (χ4v) is 3.84. The summed E-state index contributed by atoms with van der Waals surface area (Å²) in [6.07, 6.45) is 5.40. The minimum absolute atomic E-state index is 0.105. The van der Waals surface area contributed by atoms with Gasteiger partial charge < -0.3 is 9.64 Å². The Morgan fingerprint density at radius 2 is 2.21 bits per heavy atom. The van der Waals surface area contributed by atoms with Crippen molar-refractivity contribution in [1.29, 1.82) is 5.41 Å². The van der Waals surface area contributed by atoms with Gasteiger partial charge in [-0.15, -0.1) is 0 Å². The van der Waals surface area contributed by atoms with E-state index < -0.39 is 0 Å². The van der Waals surface area contributed by atoms with Gasteiger partial charge in [-0.2, -0.15) is 0 Å². The van der Waals surface area contributed by atoms with Crippen LogP contribution in [-0.4, -0.2) is 42.2 Å². The monoisotopic (exact) mass is 408 g/mol. The molecule has 0 aromatic heterocycles. The van der Waals surface area contributed by atoms with Gasteiger partial charge in [-0.1, -0.05) is 24.4 Å². The standard InChI is InChI=1S/C20H29FN4O2S/c1-14(16-7-8-17(21)18(11-16)27-13-15-5-6-15)24-28-10-4-2-3-9-25-12-19(22)23-20(25)26/h7-8,11,14-15,24H,2-6,9-10,12-13H2,1H3,(H2,22,23,26). The normalized spacial score (nSPS) is 17.7. The van der Waals surface area contributed by atoms with Crippen molar-refractivity contribution in [1.82, 2.24) is 14.9 Å². The van der Waals surface area contributed by atoms with E-state index in [1.807, 2.05) is 0 Å². The average molecular weight is 409 g/mol. The van der Waals surface area contributed by atoms with Gasteiger partial charge in [0.25, 0.3) is 0 Å². The molecule has 0 radical (unpaired) electrons. The summed E-state index contributed by atoms with van der Waals surface area (Å²) in [5, 5.41) is 9.95. The van der Waals surface area contributed by atoms with Gasteiger partial charge in [0.15, 0.2) is 11.6 Å². The number of halogens is 1. The summed E-state index contributed by atoms with van der Waals surface area (Å²) in [5.41, 5.74) is 1.02. The molecular weight excluding hydrogens is 379 g/mol. The van der Waals surface area contributed by atoms with Gasteiger partial charge in [0, 0.05) is 18.3 Å². The molecule has 28 heavy (non-hydrogen) atoms. The molecule has 3 N–H and O–H groups in total. The van der Waals surface area contributed by atoms with E-state index in [1.165, 1.54) is 18.9 Å². The zero-order valence-electron chi connectivity index (χ0n) is 16.3. The second-order valence-electron chi connectivity index (χ2n) is 7.52. The molecule has 2 amide bonds. The Morgan fingerprint density at radius 3 is 2.93 bits per heavy atom. The van der Waals surface area contributed by atoms with Gasteiger partial charge in [-0.25, -0.2) is 9.18 Å². The first-order valence-electron chi connectivity index (χ1n) is 9.96. The lowest BCUT2D eigenvalue weighted by atomic mass is 10.1. The summed E-state index contributed by atoms with van der Waals surface area (Å²) in [7, 11) is 0. The molecule has 2 aliphatic rings. The van der Waals surface area contributed by atoms with E-state index in [9.17, 15) is 9.18 Å². The van der Waals surface area contributed by atoms with Crippen molar-refractivity contribution in [2.75, 3.05) is 25.4 Å². The maximum Gasteiger partial charge on any atom is 0.323 e. The molecule has 3 rings (SSSR count). The molecule has 1 aliphatic carbocycles. The van der Waals surface area contributed by atoms with E-state index in [0.717, 1.165) is 30.6 Å². The highest BCUT2D eigenvalue weighted by Crippen LogP contribution is 2.31. The zero-order valence-corrected chi connectivity index (χ0v) is 17.1. The lowest BCUT2D eigenvalue weighted by Crippen LogP contribution is -2.29. The van der Waals surface area contributed by atoms with Crippen LogP contribution in [0.3, 0.4) is 0 Å². The minimum atomic E-state index is -0.300. The van der Waals surface area contributed by atoms with Crippen molar-refractivity contribution < 1.29 is 13.9 Å². The predicted molar refractivity (Wildman–Crippen MR) is 110 cm³/mol. The SMILES string of the molecule is CC(NSCCCCCN1CC(=N)NC1=O)c1ccc(F)c(OCC2CC2)c1. The minimum Gasteiger partial charge on any atom is -0.490 e. The lowest BCUT2D eigenvalue weighted by molar-refractivity contribution is 0.216. The van der Waals surface area contributed by atoms with E-state index in [0.29, 0.717) is 31.4 Å². The maximum absolute atomic E-state index is 13.9. The second kappa shape index (κ2) is 10.1. The molecule has 1 aliphatic heterocycles. The number of amides is 2. The molecule has 8 heteroatoms. The van der Waals surface area contributed by atoms with Crippen LogP contribution in [0.2, 0.25) is 0 Å². The molecule has 6 nitrogen and oxygen atoms in total. The summed E-state index contributed by atoms with van der Waals surface area (Å²) in [6, 6.07) is 5.03. The quantitative estimate of drug-likeness (QED) is 0.360. The number of unbranched alkanes of at least 4 members (excludes halogenated alkanes) is 2. The number of carbonyl (C=O) groups excluding carboxylic acids is 1. The number of benzene rings is 1. The summed E-state index contributed by atoms with van der Waals surface area (Å²) < 4.78 is 22.9. The van der Waals surface area contributed by atoms with Crippen LogP contribution in [0.15, 0.2) is 18.2 Å². The average Bonchev–Trinajstić information content (AvgIpc) is 3.44. The Bertz CT molecular complexity index is 699. The van der Waals surface area contributed by atoms with Crippen molar-refractivity contribution in [2.24, 2.45) is 5.92 Å². The number of hydrogen-bond acceptors (Lipinski definition) is 5. The third-order valence-corrected chi connectivity index (χ3v) is 5.97. The van der Waals surface area contributed by atoms with Crippen LogP contribution in [0.4, 0.5) is 9.18 Å². The third-order valence-electron chi connectivity index (χ3n) is 4.96. The van der Waals surface area contributed by atoms with Gasteiger partial charge >= 0.3 is 6.03 Å². The van der Waals surface area contributed by atoms with Crippen LogP contribution in [0.1, 0.15) is 50.6 Å². The summed E-state index contributed by atoms with van der Waals surface area (Å²) in [5.74, 6) is 1.90. The Balaban J connectivity index is 1.29. The van der Waals surface area contributed by atoms with Crippen molar-refractivity contribution in [3.63, 3.8) is 0 Å². The van der Waals surface area contributed by atoms with Crippen molar-refractivity contribution in [3.05, 3.63) is 29.6 Å². The van der Waals surface area contributed by atoms with Crippen LogP contribution in [0.25, 0.3) is 0 Å². The van der Waals surface area contributed by atoms with Gasteiger partial charge in [0.2, 0.25) is 0 Å². The lowest BCUT2D eigenvalue weighted by Gasteiger charge is -2.16. The summed E-state index contributed by atoms with van der Waals surface area (Å²) >= 11 is 1.67. The number of hydrogen-bond donors (Lipinski definition) is 3. The number of urea groups is 1. The van der Waals surface area contributed by atoms with Gasteiger partial charge in [-0.3, -0.25) is 15.4 Å². The highest BCUT2D eigenvalue weighted by atomic mass is 32.2. The molecular formula is C20H29FN4O2S. The fraction of sp³-hybridized carbons (Fsp3) is 0.600. The zero-order chi connectivity index (χ0) is 19.9. The second-order valence-corrected chi connectivity index (χ2v) is 8.46. The molecule has 1 heterocycles. The number of rotatable bonds is 12. The van der Waals surface area contributed by atoms with Crippen LogP contribution in [0.5, 0.6) is 5.75 Å². The van der Waals surface area contributed by atoms with E-state index in [2.05, 4.69) is 17.0 Å². The van der Waals surface area contributed by atoms with E-state index in [-0.39, 0.29) is 23.7 Å². The number of nitrogens with zero attached hydrogens (tertiary/aromatic N) is 1. The molecule has 0 spiro atoms. The molecule has 1 unspecified atom stereocenters. The summed E-state index contributed by atoms with van der Waals surface area (Å²) in [6.45, 7) is 3.77. The Morgan fingerprint density at radius 1 is 1.39 bits per heavy atom. The first kappa shape index (κ1) is 20.9. The van der Waals surface area contributed by atoms with E-state index in [4.69, 9.17) is 10.1 Å². The highest BCUT2D eigenvalue weighted by molar-refractivity contribution is 7.97. The molecule has 1 atom stereocenters. The molecule has 1 aromatic rings. The van der Waals surface area contributed by atoms with Crippen LogP contribution < -0.4 is 14.8 Å². The molecule has 1 aromatic carbocycles. The van der Waals surface area contributed by atoms with Crippen LogP contribution >= 0.6 is 11.9 Å². The Hall–Kier alpha value is -1.80. The largest absolute Gasteiger partial charge is 0.490 e. The van der Waals surface area contributed by atoms with Gasteiger partial charge in [-0.05, 0) is 56.2 Å². The first-order chi connectivity index (χ1) is 13.5. The predicted octanol–water partition coefficient (Wildman–Crippen LogP) is 4.09. The van der Waals surface area contributed by atoms with Gasteiger partial charge in [0.1, 0.15) is 5.84 Å². The van der Waals surface area contributed by atoms with Crippen molar-refractivity contribution >= 4 is 23.8 Å². The van der Waals surface area contributed by atoms with Crippen molar-refractivity contribution in [2.45, 2.75) is 45.1 Å².